The molecule has 3 fully saturated rings. The van der Waals surface area contributed by atoms with E-state index in [-0.39, 0.29) is 19.1 Å². The van der Waals surface area contributed by atoms with E-state index in [1.165, 1.54) is 55.0 Å². The first kappa shape index (κ1) is 34.0. The summed E-state index contributed by atoms with van der Waals surface area (Å²) in [6.45, 7) is 2.79. The number of pyridine rings is 1. The molecule has 3 aliphatic rings. The van der Waals surface area contributed by atoms with Crippen molar-refractivity contribution in [3.8, 4) is 11.5 Å². The van der Waals surface area contributed by atoms with Gasteiger partial charge in [0.2, 0.25) is 0 Å². The van der Waals surface area contributed by atoms with Gasteiger partial charge in [-0.15, -0.1) is 11.3 Å². The maximum atomic E-state index is 14.3. The number of benzene rings is 2. The first-order valence-corrected chi connectivity index (χ1v) is 17.0. The predicted octanol–water partition coefficient (Wildman–Crippen LogP) is 7.98. The van der Waals surface area contributed by atoms with Gasteiger partial charge < -0.3 is 18.9 Å². The molecule has 3 saturated heterocycles. The number of esters is 1. The molecule has 252 valence electrons. The van der Waals surface area contributed by atoms with Crippen molar-refractivity contribution in [3.05, 3.63) is 104 Å². The van der Waals surface area contributed by atoms with Crippen molar-refractivity contribution < 1.29 is 32.9 Å². The van der Waals surface area contributed by atoms with Gasteiger partial charge in [0.1, 0.15) is 22.9 Å². The summed E-state index contributed by atoms with van der Waals surface area (Å²) in [7, 11) is 3.05. The number of nitrogens with zero attached hydrogens (tertiary/aromatic N) is 3. The Bertz CT molecular complexity index is 1760. The van der Waals surface area contributed by atoms with Crippen LogP contribution in [0.25, 0.3) is 0 Å². The average molecular weight is 715 g/mol. The highest BCUT2D eigenvalue weighted by Crippen LogP contribution is 2.36. The second-order valence-corrected chi connectivity index (χ2v) is 13.7. The van der Waals surface area contributed by atoms with E-state index in [4.69, 9.17) is 42.1 Å². The Morgan fingerprint density at radius 3 is 2.44 bits per heavy atom. The number of hydrogen-bond donors (Lipinski definition) is 0. The van der Waals surface area contributed by atoms with Gasteiger partial charge in [0, 0.05) is 30.2 Å². The molecule has 7 rings (SSSR count). The van der Waals surface area contributed by atoms with E-state index in [2.05, 4.69) is 9.88 Å². The number of piperidine rings is 3. The van der Waals surface area contributed by atoms with Crippen LogP contribution in [0.4, 0.5) is 14.9 Å². The van der Waals surface area contributed by atoms with Gasteiger partial charge in [-0.05, 0) is 85.4 Å². The molecule has 1 amide bonds. The number of carbonyl (C=O) groups excluding carboxylic acids is 2. The van der Waals surface area contributed by atoms with Crippen LogP contribution in [0.15, 0.2) is 67.0 Å². The number of anilines is 1. The summed E-state index contributed by atoms with van der Waals surface area (Å²) in [4.78, 5) is 36.0. The van der Waals surface area contributed by atoms with Crippen molar-refractivity contribution in [2.75, 3.05) is 38.8 Å². The molecule has 2 aromatic heterocycles. The molecule has 2 atom stereocenters. The lowest BCUT2D eigenvalue weighted by Gasteiger charge is -2.44. The van der Waals surface area contributed by atoms with Gasteiger partial charge >= 0.3 is 12.1 Å². The standard InChI is InChI=1S/C35H34Cl2FN3O6S/c1-44-29-8-6-22(14-31(29)45-2)30(16-26-27(36)17-39-18-28(26)37)46-34(42)33-9-7-25(48-33)19-41(24-5-3-4-23(38)15-24)35(43)47-32-20-40-12-10-21(32)11-13-40/h3-9,14-15,17-18,21,30,32H,10-13,16,19-20H2,1-2H3/t30-,32-/m0/s1. The normalized spacial score (nSPS) is 19.0. The maximum Gasteiger partial charge on any atom is 0.414 e. The Morgan fingerprint density at radius 2 is 1.77 bits per heavy atom. The number of rotatable bonds is 11. The van der Waals surface area contributed by atoms with E-state index in [0.717, 1.165) is 25.9 Å². The molecule has 0 aliphatic carbocycles. The lowest BCUT2D eigenvalue weighted by molar-refractivity contribution is -0.0311. The fraction of sp³-hybridized carbons (Fsp3) is 0.343. The Hall–Kier alpha value is -3.90. The average Bonchev–Trinajstić information content (AvgIpc) is 3.57. The second-order valence-electron chi connectivity index (χ2n) is 11.7. The SMILES string of the molecule is COc1ccc([C@H](Cc2c(Cl)cncc2Cl)OC(=O)c2ccc(CN(C(=O)O[C@H]3CN4CCC3CC4)c3cccc(F)c3)s2)cc1OC. The van der Waals surface area contributed by atoms with Crippen LogP contribution < -0.4 is 14.4 Å². The third-order valence-electron chi connectivity index (χ3n) is 8.74. The van der Waals surface area contributed by atoms with Gasteiger partial charge in [0.05, 0.1) is 36.5 Å². The first-order valence-electron chi connectivity index (χ1n) is 15.5. The van der Waals surface area contributed by atoms with Crippen molar-refractivity contribution >= 4 is 52.3 Å². The van der Waals surface area contributed by atoms with Crippen LogP contribution in [0.3, 0.4) is 0 Å². The molecule has 0 saturated carbocycles. The smallest absolute Gasteiger partial charge is 0.414 e. The van der Waals surface area contributed by atoms with Crippen LogP contribution in [0.5, 0.6) is 11.5 Å². The van der Waals surface area contributed by atoms with E-state index < -0.39 is 24.0 Å². The first-order chi connectivity index (χ1) is 23.2. The minimum Gasteiger partial charge on any atom is -0.493 e. The number of ether oxygens (including phenoxy) is 4. The van der Waals surface area contributed by atoms with Gasteiger partial charge in [0.25, 0.3) is 0 Å². The molecular weight excluding hydrogens is 680 g/mol. The maximum absolute atomic E-state index is 14.3. The summed E-state index contributed by atoms with van der Waals surface area (Å²) in [5.74, 6) is 0.235. The third kappa shape index (κ3) is 7.70. The quantitative estimate of drug-likeness (QED) is 0.145. The van der Waals surface area contributed by atoms with Crippen molar-refractivity contribution in [2.24, 2.45) is 5.92 Å². The number of thiophene rings is 1. The monoisotopic (exact) mass is 713 g/mol. The lowest BCUT2D eigenvalue weighted by atomic mass is 9.86. The highest BCUT2D eigenvalue weighted by Gasteiger charge is 2.37. The van der Waals surface area contributed by atoms with Crippen molar-refractivity contribution in [1.29, 1.82) is 0 Å². The summed E-state index contributed by atoms with van der Waals surface area (Å²) in [6, 6.07) is 14.4. The number of halogens is 3. The molecule has 2 aromatic carbocycles. The number of methoxy groups -OCH3 is 2. The predicted molar refractivity (Wildman–Crippen MR) is 182 cm³/mol. The van der Waals surface area contributed by atoms with Crippen molar-refractivity contribution in [3.63, 3.8) is 0 Å². The zero-order valence-corrected chi connectivity index (χ0v) is 28.7. The van der Waals surface area contributed by atoms with Gasteiger partial charge in [-0.1, -0.05) is 35.3 Å². The zero-order chi connectivity index (χ0) is 33.8. The molecule has 13 heteroatoms. The van der Waals surface area contributed by atoms with Gasteiger partial charge in [-0.2, -0.15) is 0 Å². The summed E-state index contributed by atoms with van der Waals surface area (Å²) >= 11 is 14.1. The summed E-state index contributed by atoms with van der Waals surface area (Å²) in [5, 5.41) is 0.676. The van der Waals surface area contributed by atoms with E-state index in [1.807, 2.05) is 0 Å². The molecule has 3 aliphatic heterocycles. The molecule has 4 aromatic rings. The molecule has 48 heavy (non-hydrogen) atoms. The highest BCUT2D eigenvalue weighted by atomic mass is 35.5. The molecule has 2 bridgehead atoms. The van der Waals surface area contributed by atoms with E-state index in [0.29, 0.717) is 60.6 Å². The fourth-order valence-corrected chi connectivity index (χ4v) is 7.56. The summed E-state index contributed by atoms with van der Waals surface area (Å²) in [6.07, 6.45) is 3.51. The minimum atomic E-state index is -0.805. The van der Waals surface area contributed by atoms with Gasteiger partial charge in [0.15, 0.2) is 11.5 Å². The third-order valence-corrected chi connectivity index (χ3v) is 10.4. The van der Waals surface area contributed by atoms with Crippen molar-refractivity contribution in [2.45, 2.75) is 38.0 Å². The fourth-order valence-electron chi connectivity index (χ4n) is 6.16. The zero-order valence-electron chi connectivity index (χ0n) is 26.4. The largest absolute Gasteiger partial charge is 0.493 e. The lowest BCUT2D eigenvalue weighted by Crippen LogP contribution is -2.53. The molecule has 0 unspecified atom stereocenters. The Balaban J connectivity index is 1.23. The molecule has 0 spiro atoms. The van der Waals surface area contributed by atoms with Crippen LogP contribution >= 0.6 is 34.5 Å². The number of fused-ring (bicyclic) bond motifs is 3. The number of hydrogen-bond acceptors (Lipinski definition) is 9. The molecule has 5 heterocycles. The van der Waals surface area contributed by atoms with E-state index in [1.54, 1.807) is 42.5 Å². The van der Waals surface area contributed by atoms with E-state index in [9.17, 15) is 14.0 Å². The number of amides is 1. The van der Waals surface area contributed by atoms with Crippen LogP contribution in [0, 0.1) is 11.7 Å². The van der Waals surface area contributed by atoms with Gasteiger partial charge in [-0.25, -0.2) is 14.0 Å². The second kappa shape index (κ2) is 15.1. The van der Waals surface area contributed by atoms with E-state index >= 15 is 0 Å². The molecule has 9 nitrogen and oxygen atoms in total. The van der Waals surface area contributed by atoms with Crippen LogP contribution in [-0.4, -0.2) is 61.9 Å². The molecule has 0 N–H and O–H groups in total. The van der Waals surface area contributed by atoms with Crippen LogP contribution in [0.2, 0.25) is 10.0 Å². The highest BCUT2D eigenvalue weighted by molar-refractivity contribution is 7.14. The molecular formula is C35H34Cl2FN3O6S. The number of aromatic nitrogens is 1. The minimum absolute atomic E-state index is 0.0721. The topological polar surface area (TPSA) is 90.4 Å². The number of carbonyl (C=O) groups is 2. The van der Waals surface area contributed by atoms with Crippen molar-refractivity contribution in [1.82, 2.24) is 9.88 Å². The van der Waals surface area contributed by atoms with Crippen LogP contribution in [-0.2, 0) is 22.4 Å². The van der Waals surface area contributed by atoms with Crippen LogP contribution in [0.1, 0.15) is 44.6 Å². The van der Waals surface area contributed by atoms with Gasteiger partial charge in [-0.3, -0.25) is 14.8 Å². The Kier molecular flexibility index (Phi) is 10.7. The Morgan fingerprint density at radius 1 is 1.02 bits per heavy atom. The molecule has 0 radical (unpaired) electrons. The Labute approximate surface area is 292 Å². The summed E-state index contributed by atoms with van der Waals surface area (Å²) < 4.78 is 37.3. The summed E-state index contributed by atoms with van der Waals surface area (Å²) in [5.41, 5.74) is 1.56.